The predicted molar refractivity (Wildman–Crippen MR) is 272 cm³/mol. The Bertz CT molecular complexity index is 4640. The van der Waals surface area contributed by atoms with E-state index in [9.17, 15) is 19.2 Å². The Balaban J connectivity index is 0.000000140. The van der Waals surface area contributed by atoms with Crippen LogP contribution < -0.4 is 46.4 Å². The second kappa shape index (κ2) is 25.5. The number of rotatable bonds is 19. The Kier molecular flexibility index (Phi) is 15.5. The van der Waals surface area contributed by atoms with E-state index in [-0.39, 0.29) is 84.9 Å². The van der Waals surface area contributed by atoms with Crippen LogP contribution in [0.15, 0.2) is 92.9 Å². The van der Waals surface area contributed by atoms with E-state index in [1.165, 1.54) is 77.3 Å². The molecule has 0 aliphatic carbocycles. The van der Waals surface area contributed by atoms with Crippen molar-refractivity contribution in [2.45, 2.75) is 40.3 Å². The van der Waals surface area contributed by atoms with Crippen molar-refractivity contribution in [1.82, 2.24) is 141 Å². The van der Waals surface area contributed by atoms with Crippen molar-refractivity contribution in [2.75, 3.05) is 6.61 Å². The second-order valence-corrected chi connectivity index (χ2v) is 16.1. The number of nitrogens with zero attached hydrogens (tertiary/aromatic N) is 24. The van der Waals surface area contributed by atoms with E-state index < -0.39 is 22.8 Å². The first kappa shape index (κ1) is 50.9. The van der Waals surface area contributed by atoms with Gasteiger partial charge in [-0.1, -0.05) is 27.2 Å². The van der Waals surface area contributed by atoms with Gasteiger partial charge in [-0.2, -0.15) is 18.7 Å². The lowest BCUT2D eigenvalue weighted by molar-refractivity contribution is 0.213. The van der Waals surface area contributed by atoms with Crippen LogP contribution in [0.4, 0.5) is 0 Å². The third-order valence-corrected chi connectivity index (χ3v) is 10.8. The molecule has 12 rings (SSSR count). The minimum Gasteiger partial charge on any atom is -0.471 e. The van der Waals surface area contributed by atoms with E-state index >= 15 is 0 Å². The molecule has 0 aliphatic heterocycles. The minimum atomic E-state index is -0.506. The highest BCUT2D eigenvalue weighted by molar-refractivity contribution is 5.50. The molecule has 0 aliphatic rings. The molecular formula is C43H44N28O13. The summed E-state index contributed by atoms with van der Waals surface area (Å²) in [6, 6.07) is 6.10. The van der Waals surface area contributed by atoms with Crippen LogP contribution in [0.3, 0.4) is 0 Å². The van der Waals surface area contributed by atoms with Gasteiger partial charge in [-0.25, -0.2) is 19.2 Å². The minimum absolute atomic E-state index is 0.0141. The van der Waals surface area contributed by atoms with Gasteiger partial charge in [0.1, 0.15) is 37.8 Å². The molecule has 0 saturated carbocycles. The quantitative estimate of drug-likeness (QED) is 0.0659. The number of hydrogen-bond acceptors (Lipinski definition) is 29. The Labute approximate surface area is 470 Å². The van der Waals surface area contributed by atoms with Gasteiger partial charge in [-0.05, 0) is 67.6 Å². The van der Waals surface area contributed by atoms with Gasteiger partial charge in [0.15, 0.2) is 11.4 Å². The molecule has 41 heteroatoms. The third kappa shape index (κ3) is 12.3. The highest BCUT2D eigenvalue weighted by atomic mass is 16.6. The van der Waals surface area contributed by atoms with Crippen LogP contribution in [0, 0.1) is 19.3 Å². The number of H-pyrrole nitrogens is 4. The average molecular weight is 1170 g/mol. The maximum atomic E-state index is 12.0. The maximum absolute atomic E-state index is 12.0. The Morgan fingerprint density at radius 3 is 1.26 bits per heavy atom. The number of hydrogen-bond donors (Lipinski definition) is 4. The molecule has 0 amide bonds. The van der Waals surface area contributed by atoms with Gasteiger partial charge in [0.25, 0.3) is 0 Å². The number of aryl methyl sites for hydroxylation is 5. The van der Waals surface area contributed by atoms with E-state index in [0.717, 1.165) is 57.8 Å². The maximum Gasteiger partial charge on any atom is 0.369 e. The fourth-order valence-electron chi connectivity index (χ4n) is 6.58. The average Bonchev–Trinajstić information content (AvgIpc) is 3.32. The summed E-state index contributed by atoms with van der Waals surface area (Å²) in [6.45, 7) is 7.44. The molecule has 0 saturated heterocycles. The molecule has 12 aromatic heterocycles. The van der Waals surface area contributed by atoms with Gasteiger partial charge >= 0.3 is 28.7 Å². The summed E-state index contributed by atoms with van der Waals surface area (Å²) in [6.07, 6.45) is 12.5. The Morgan fingerprint density at radius 1 is 0.524 bits per heavy atom. The number of terminal acetylenes is 1. The molecule has 12 aromatic rings. The summed E-state index contributed by atoms with van der Waals surface area (Å²) in [5.41, 5.74) is -0.153. The highest BCUT2D eigenvalue weighted by Crippen LogP contribution is 2.26. The number of aromatic nitrogens is 28. The SMILES string of the molecule is [3H]n1ccc(OCc2c(-n3nnn(C)c3=O)noc2C#C)n1.[3H]n1ccc(OCc2c(-n3nnn(C)c3=O)noc2C)n1.[3H]n1ccc(OCc2c(-n3nnn(C)c3=O)noc2C=C)n1.[3H]n1ccc(OCc2c(-n3nnn(C)c3=O)noc2OCC)n1. The largest absolute Gasteiger partial charge is 0.471 e. The fraction of sp³-hybridized carbons (Fsp3) is 0.256. The van der Waals surface area contributed by atoms with Gasteiger partial charge < -0.3 is 41.8 Å². The van der Waals surface area contributed by atoms with Gasteiger partial charge in [0.2, 0.25) is 52.6 Å². The molecule has 0 unspecified atom stereocenters. The summed E-state index contributed by atoms with van der Waals surface area (Å²) in [5.74, 6) is 4.96. The second-order valence-electron chi connectivity index (χ2n) is 16.1. The fourth-order valence-corrected chi connectivity index (χ4v) is 6.58. The van der Waals surface area contributed by atoms with Crippen LogP contribution in [0.1, 0.15) is 46.5 Å². The summed E-state index contributed by atoms with van der Waals surface area (Å²) in [7, 11) is 5.87. The lowest BCUT2D eigenvalue weighted by Crippen LogP contribution is -2.23. The van der Waals surface area contributed by atoms with Crippen LogP contribution in [0.2, 0.25) is 5.65 Å². The first-order valence-corrected chi connectivity index (χ1v) is 23.7. The molecule has 0 atom stereocenters. The first-order valence-electron chi connectivity index (χ1n) is 25.5. The van der Waals surface area contributed by atoms with Gasteiger partial charge in [0.05, 0.1) is 23.3 Å². The van der Waals surface area contributed by atoms with Crippen molar-refractivity contribution in [3.05, 3.63) is 137 Å². The number of nitrogens with one attached hydrogen (secondary N) is 4. The number of ether oxygens (including phenoxy) is 5. The normalized spacial score (nSPS) is 11.4. The third-order valence-electron chi connectivity index (χ3n) is 10.8. The molecule has 0 fully saturated rings. The summed E-state index contributed by atoms with van der Waals surface area (Å²) in [4.78, 5) is 47.6. The lowest BCUT2D eigenvalue weighted by Gasteiger charge is -2.04. The van der Waals surface area contributed by atoms with E-state index in [1.807, 2.05) is 0 Å². The van der Waals surface area contributed by atoms with Crippen LogP contribution >= 0.6 is 0 Å². The van der Waals surface area contributed by atoms with E-state index in [1.54, 1.807) is 19.9 Å². The molecule has 434 valence electrons. The summed E-state index contributed by atoms with van der Waals surface area (Å²) in [5, 5.41) is 62.9. The van der Waals surface area contributed by atoms with Crippen LogP contribution in [-0.2, 0) is 54.6 Å². The molecule has 4 N–H and O–H groups in total. The number of tetrazole rings is 4. The Morgan fingerprint density at radius 2 is 0.881 bits per heavy atom. The van der Waals surface area contributed by atoms with Crippen LogP contribution in [0.5, 0.6) is 29.5 Å². The van der Waals surface area contributed by atoms with Crippen molar-refractivity contribution in [1.29, 1.82) is 0 Å². The van der Waals surface area contributed by atoms with E-state index in [4.69, 9.17) is 53.8 Å². The van der Waals surface area contributed by atoms with Gasteiger partial charge in [-0.3, -0.25) is 20.4 Å². The van der Waals surface area contributed by atoms with E-state index in [2.05, 4.69) is 95.2 Å². The lowest BCUT2D eigenvalue weighted by atomic mass is 10.2. The van der Waals surface area contributed by atoms with Gasteiger partial charge in [-0.15, -0.1) is 45.5 Å². The monoisotopic (exact) mass is 1170 g/mol. The first-order chi connectivity index (χ1) is 42.3. The van der Waals surface area contributed by atoms with Crippen molar-refractivity contribution >= 4 is 6.08 Å². The summed E-state index contributed by atoms with van der Waals surface area (Å²) < 4.78 is 84.6. The van der Waals surface area contributed by atoms with Crippen molar-refractivity contribution in [3.8, 4) is 65.1 Å². The molecule has 0 aromatic carbocycles. The topological polar surface area (TPSA) is 476 Å². The van der Waals surface area contributed by atoms with Gasteiger partial charge in [0, 0.05) is 77.2 Å². The van der Waals surface area contributed by atoms with Crippen molar-refractivity contribution in [3.63, 3.8) is 0 Å². The summed E-state index contributed by atoms with van der Waals surface area (Å²) >= 11 is 0. The highest BCUT2D eigenvalue weighted by Gasteiger charge is 2.25. The van der Waals surface area contributed by atoms with Crippen molar-refractivity contribution in [2.24, 2.45) is 28.2 Å². The molecule has 12 heterocycles. The molecular weight excluding hydrogens is 1120 g/mol. The molecule has 0 bridgehead atoms. The molecule has 0 radical (unpaired) electrons. The van der Waals surface area contributed by atoms with Crippen molar-refractivity contribution < 1.29 is 47.4 Å². The molecule has 41 nitrogen and oxygen atoms in total. The molecule has 84 heavy (non-hydrogen) atoms. The predicted octanol–water partition coefficient (Wildman–Crippen LogP) is -1.64. The zero-order valence-electron chi connectivity index (χ0n) is 48.3. The van der Waals surface area contributed by atoms with Crippen LogP contribution in [0.25, 0.3) is 29.3 Å². The zero-order chi connectivity index (χ0) is 62.8. The van der Waals surface area contributed by atoms with E-state index in [0.29, 0.717) is 40.4 Å². The zero-order valence-corrected chi connectivity index (χ0v) is 44.3. The molecule has 0 spiro atoms. The van der Waals surface area contributed by atoms with Crippen LogP contribution in [-0.4, -0.2) is 147 Å². The standard InChI is InChI=1S/C11H13N7O4.C11H11N7O3.C11H9N7O3.C10H11N7O3/c1-3-20-10-7(6-21-8-4-5-12-13-8)9(14-22-10)18-11(19)17(2)15-16-18;2*1-3-8-7(6-20-9-4-5-12-13-9)10(14-21-8)18-11(19)17(2)15-16-18;1-6-7(5-19-8-3-4-11-12-8)9(13-20-6)17-10(18)16(2)14-15-17/h4-5H,3,6H2,1-2H3,(H,12,13);3-5H,1,6H2,2H3,(H,12,13);1,4-5H,6H2,2H3,(H,12,13);3-4H,5H2,1-2H3,(H,11,12)/i/hT4. The smallest absolute Gasteiger partial charge is 0.369 e. The Hall–Kier alpha value is -12.5. The number of aromatic amines is 4.